The van der Waals surface area contributed by atoms with Crippen LogP contribution in [0, 0.1) is 3.57 Å². The Morgan fingerprint density at radius 2 is 1.85 bits per heavy atom. The molecule has 8 heteroatoms. The van der Waals surface area contributed by atoms with E-state index in [4.69, 9.17) is 4.74 Å². The van der Waals surface area contributed by atoms with Gasteiger partial charge in [0.05, 0.1) is 19.4 Å². The van der Waals surface area contributed by atoms with Crippen molar-refractivity contribution in [3.63, 3.8) is 0 Å². The highest BCUT2D eigenvalue weighted by Crippen LogP contribution is 2.21. The number of halogens is 1. The van der Waals surface area contributed by atoms with Gasteiger partial charge in [0.25, 0.3) is 0 Å². The second-order valence-electron chi connectivity index (χ2n) is 6.23. The third kappa shape index (κ3) is 4.33. The van der Waals surface area contributed by atoms with E-state index >= 15 is 0 Å². The third-order valence-corrected chi connectivity index (χ3v) is 5.03. The number of rotatable bonds is 4. The van der Waals surface area contributed by atoms with Gasteiger partial charge in [-0.05, 0) is 34.7 Å². The van der Waals surface area contributed by atoms with Crippen molar-refractivity contribution in [1.29, 1.82) is 0 Å². The summed E-state index contributed by atoms with van der Waals surface area (Å²) in [6.45, 7) is 2.70. The van der Waals surface area contributed by atoms with Crippen LogP contribution in [0.2, 0.25) is 0 Å². The molecule has 0 saturated carbocycles. The summed E-state index contributed by atoms with van der Waals surface area (Å²) in [4.78, 5) is 23.1. The molecule has 1 fully saturated rings. The molecule has 138 valence electrons. The van der Waals surface area contributed by atoms with Crippen LogP contribution in [0.25, 0.3) is 22.5 Å². The van der Waals surface area contributed by atoms with Gasteiger partial charge in [-0.3, -0.25) is 9.48 Å². The molecule has 0 bridgehead atoms. The second kappa shape index (κ2) is 8.13. The number of aromatic nitrogens is 4. The molecule has 3 aromatic rings. The highest BCUT2D eigenvalue weighted by molar-refractivity contribution is 14.1. The van der Waals surface area contributed by atoms with Crippen LogP contribution in [0.5, 0.6) is 0 Å². The van der Waals surface area contributed by atoms with Gasteiger partial charge < -0.3 is 9.64 Å². The summed E-state index contributed by atoms with van der Waals surface area (Å²) in [5.41, 5.74) is 2.74. The number of amides is 1. The molecule has 3 heterocycles. The topological polar surface area (TPSA) is 73.1 Å². The Labute approximate surface area is 170 Å². The van der Waals surface area contributed by atoms with E-state index in [9.17, 15) is 4.79 Å². The Morgan fingerprint density at radius 1 is 1.07 bits per heavy atom. The van der Waals surface area contributed by atoms with Crippen molar-refractivity contribution in [2.45, 2.75) is 6.54 Å². The Kier molecular flexibility index (Phi) is 5.44. The third-order valence-electron chi connectivity index (χ3n) is 4.36. The number of ether oxygens (including phenoxy) is 1. The van der Waals surface area contributed by atoms with Crippen LogP contribution in [0.3, 0.4) is 0 Å². The molecule has 1 aliphatic heterocycles. The second-order valence-corrected chi connectivity index (χ2v) is 7.47. The van der Waals surface area contributed by atoms with E-state index in [2.05, 4.69) is 37.7 Å². The first kappa shape index (κ1) is 18.1. The maximum Gasteiger partial charge on any atom is 0.244 e. The SMILES string of the molecule is O=C(Cn1cc(-c2cnc(-c3cccc(I)c3)nc2)cn1)N1CCOCC1. The van der Waals surface area contributed by atoms with Crippen LogP contribution in [-0.4, -0.2) is 56.9 Å². The van der Waals surface area contributed by atoms with E-state index < -0.39 is 0 Å². The largest absolute Gasteiger partial charge is 0.378 e. The number of benzene rings is 1. The summed E-state index contributed by atoms with van der Waals surface area (Å²) in [5.74, 6) is 0.741. The van der Waals surface area contributed by atoms with Gasteiger partial charge in [-0.25, -0.2) is 9.97 Å². The van der Waals surface area contributed by atoms with E-state index in [0.29, 0.717) is 32.1 Å². The van der Waals surface area contributed by atoms with E-state index in [0.717, 1.165) is 20.3 Å². The van der Waals surface area contributed by atoms with E-state index in [1.165, 1.54) is 0 Å². The molecule has 2 aromatic heterocycles. The number of carbonyl (C=O) groups is 1. The Bertz CT molecular complexity index is 935. The molecule has 0 N–H and O–H groups in total. The summed E-state index contributed by atoms with van der Waals surface area (Å²) in [6.07, 6.45) is 7.15. The summed E-state index contributed by atoms with van der Waals surface area (Å²) in [7, 11) is 0. The first-order valence-electron chi connectivity index (χ1n) is 8.65. The lowest BCUT2D eigenvalue weighted by molar-refractivity contribution is -0.136. The molecule has 7 nitrogen and oxygen atoms in total. The zero-order valence-electron chi connectivity index (χ0n) is 14.6. The van der Waals surface area contributed by atoms with Gasteiger partial charge in [0.2, 0.25) is 5.91 Å². The monoisotopic (exact) mass is 475 g/mol. The van der Waals surface area contributed by atoms with Crippen LogP contribution in [0.15, 0.2) is 49.1 Å². The lowest BCUT2D eigenvalue weighted by Gasteiger charge is -2.26. The van der Waals surface area contributed by atoms with Crippen molar-refractivity contribution >= 4 is 28.5 Å². The van der Waals surface area contributed by atoms with Gasteiger partial charge in [0, 0.05) is 51.9 Å². The summed E-state index contributed by atoms with van der Waals surface area (Å²) in [5, 5.41) is 4.30. The van der Waals surface area contributed by atoms with Crippen LogP contribution in [0.1, 0.15) is 0 Å². The van der Waals surface area contributed by atoms with Crippen molar-refractivity contribution in [2.24, 2.45) is 0 Å². The number of hydrogen-bond donors (Lipinski definition) is 0. The fourth-order valence-corrected chi connectivity index (χ4v) is 3.45. The molecule has 0 spiro atoms. The molecule has 1 saturated heterocycles. The first-order valence-corrected chi connectivity index (χ1v) is 9.73. The van der Waals surface area contributed by atoms with Crippen LogP contribution in [0.4, 0.5) is 0 Å². The number of morpholine rings is 1. The molecule has 4 rings (SSSR count). The van der Waals surface area contributed by atoms with Gasteiger partial charge in [-0.15, -0.1) is 0 Å². The average molecular weight is 475 g/mol. The minimum absolute atomic E-state index is 0.0539. The highest BCUT2D eigenvalue weighted by Gasteiger charge is 2.17. The van der Waals surface area contributed by atoms with Crippen molar-refractivity contribution in [3.05, 3.63) is 52.6 Å². The zero-order valence-corrected chi connectivity index (χ0v) is 16.7. The maximum absolute atomic E-state index is 12.3. The van der Waals surface area contributed by atoms with Gasteiger partial charge in [0.1, 0.15) is 6.54 Å². The van der Waals surface area contributed by atoms with Crippen molar-refractivity contribution < 1.29 is 9.53 Å². The smallest absolute Gasteiger partial charge is 0.244 e. The summed E-state index contributed by atoms with van der Waals surface area (Å²) in [6, 6.07) is 8.06. The molecular weight excluding hydrogens is 457 g/mol. The van der Waals surface area contributed by atoms with Gasteiger partial charge in [-0.1, -0.05) is 12.1 Å². The lowest BCUT2D eigenvalue weighted by atomic mass is 10.2. The van der Waals surface area contributed by atoms with Crippen LogP contribution in [-0.2, 0) is 16.1 Å². The van der Waals surface area contributed by atoms with E-state index in [1.54, 1.807) is 23.3 Å². The summed E-state index contributed by atoms with van der Waals surface area (Å²) < 4.78 is 8.08. The van der Waals surface area contributed by atoms with Gasteiger partial charge in [-0.2, -0.15) is 5.10 Å². The van der Waals surface area contributed by atoms with Crippen molar-refractivity contribution in [1.82, 2.24) is 24.6 Å². The quantitative estimate of drug-likeness (QED) is 0.543. The van der Waals surface area contributed by atoms with Crippen LogP contribution < -0.4 is 0 Å². The molecule has 0 unspecified atom stereocenters. The fraction of sp³-hybridized carbons (Fsp3) is 0.263. The average Bonchev–Trinajstić information content (AvgIpc) is 3.17. The maximum atomic E-state index is 12.3. The standard InChI is InChI=1S/C19H18IN5O2/c20-17-3-1-2-14(8-17)19-21-9-15(10-22-19)16-11-23-25(12-16)13-18(26)24-4-6-27-7-5-24/h1-3,8-12H,4-7,13H2. The minimum Gasteiger partial charge on any atom is -0.378 e. The first-order chi connectivity index (χ1) is 13.2. The lowest BCUT2D eigenvalue weighted by Crippen LogP contribution is -2.42. The predicted molar refractivity (Wildman–Crippen MR) is 109 cm³/mol. The van der Waals surface area contributed by atoms with E-state index in [-0.39, 0.29) is 12.5 Å². The van der Waals surface area contributed by atoms with Crippen LogP contribution >= 0.6 is 22.6 Å². The van der Waals surface area contributed by atoms with Crippen molar-refractivity contribution in [2.75, 3.05) is 26.3 Å². The molecule has 0 radical (unpaired) electrons. The number of nitrogens with zero attached hydrogens (tertiary/aromatic N) is 5. The number of carbonyl (C=O) groups excluding carboxylic acids is 1. The number of hydrogen-bond acceptors (Lipinski definition) is 5. The Balaban J connectivity index is 1.45. The molecule has 0 atom stereocenters. The molecule has 27 heavy (non-hydrogen) atoms. The zero-order chi connectivity index (χ0) is 18.6. The summed E-state index contributed by atoms with van der Waals surface area (Å²) >= 11 is 2.27. The molecule has 1 aliphatic rings. The molecule has 1 aromatic carbocycles. The minimum atomic E-state index is 0.0539. The molecular formula is C19H18IN5O2. The highest BCUT2D eigenvalue weighted by atomic mass is 127. The van der Waals surface area contributed by atoms with Gasteiger partial charge >= 0.3 is 0 Å². The van der Waals surface area contributed by atoms with E-state index in [1.807, 2.05) is 35.4 Å². The molecule has 1 amide bonds. The Hall–Kier alpha value is -2.33. The molecule has 0 aliphatic carbocycles. The fourth-order valence-electron chi connectivity index (χ4n) is 2.90. The predicted octanol–water partition coefficient (Wildman–Crippen LogP) is 2.47. The van der Waals surface area contributed by atoms with Crippen molar-refractivity contribution in [3.8, 4) is 22.5 Å². The van der Waals surface area contributed by atoms with Gasteiger partial charge in [0.15, 0.2) is 5.82 Å². The Morgan fingerprint density at radius 3 is 2.59 bits per heavy atom. The normalized spacial score (nSPS) is 14.3.